The van der Waals surface area contributed by atoms with Crippen LogP contribution in [0.1, 0.15) is 77.7 Å². The number of benzene rings is 2. The maximum absolute atomic E-state index is 14.1. The number of hydrogen-bond donors (Lipinski definition) is 1. The summed E-state index contributed by atoms with van der Waals surface area (Å²) in [7, 11) is 3.12. The van der Waals surface area contributed by atoms with Gasteiger partial charge in [-0.15, -0.1) is 6.42 Å². The van der Waals surface area contributed by atoms with Crippen molar-refractivity contribution < 1.29 is 28.6 Å². The van der Waals surface area contributed by atoms with Crippen LogP contribution in [0.15, 0.2) is 36.4 Å². The lowest BCUT2D eigenvalue weighted by Gasteiger charge is -2.44. The Morgan fingerprint density at radius 1 is 1.02 bits per heavy atom. The number of carbonyl (C=O) groups is 3. The molecule has 44 heavy (non-hydrogen) atoms. The predicted octanol–water partition coefficient (Wildman–Crippen LogP) is 6.64. The van der Waals surface area contributed by atoms with Crippen LogP contribution in [0.5, 0.6) is 11.5 Å². The van der Waals surface area contributed by atoms with Crippen molar-refractivity contribution in [3.63, 3.8) is 0 Å². The molecule has 0 spiro atoms. The van der Waals surface area contributed by atoms with Crippen LogP contribution in [0.3, 0.4) is 0 Å². The highest BCUT2D eigenvalue weighted by molar-refractivity contribution is 6.34. The molecule has 4 rings (SSSR count). The fraction of sp³-hybridized carbons (Fsp3) is 0.500. The number of nitrogens with zero attached hydrogens (tertiary/aromatic N) is 2. The van der Waals surface area contributed by atoms with Crippen molar-refractivity contribution in [1.29, 1.82) is 0 Å². The van der Waals surface area contributed by atoms with Gasteiger partial charge in [0.15, 0.2) is 0 Å². The van der Waals surface area contributed by atoms with E-state index in [4.69, 9.17) is 32.2 Å². The minimum atomic E-state index is -1.23. The molecule has 3 amide bonds. The summed E-state index contributed by atoms with van der Waals surface area (Å²) in [6.07, 6.45) is 11.2. The van der Waals surface area contributed by atoms with Gasteiger partial charge in [-0.2, -0.15) is 0 Å². The molecule has 0 radical (unpaired) electrons. The van der Waals surface area contributed by atoms with Gasteiger partial charge in [0, 0.05) is 29.9 Å². The first kappa shape index (κ1) is 33.0. The van der Waals surface area contributed by atoms with E-state index in [1.165, 1.54) is 4.90 Å². The van der Waals surface area contributed by atoms with Gasteiger partial charge in [0.1, 0.15) is 22.6 Å². The van der Waals surface area contributed by atoms with Gasteiger partial charge in [0.25, 0.3) is 0 Å². The molecule has 2 saturated carbocycles. The number of methoxy groups -OCH3 is 2. The summed E-state index contributed by atoms with van der Waals surface area (Å²) in [5.41, 5.74) is -0.286. The van der Waals surface area contributed by atoms with Crippen LogP contribution in [0, 0.1) is 12.3 Å². The van der Waals surface area contributed by atoms with Crippen LogP contribution < -0.4 is 24.6 Å². The molecule has 2 aromatic rings. The molecule has 0 unspecified atom stereocenters. The molecule has 2 aromatic carbocycles. The van der Waals surface area contributed by atoms with E-state index in [0.29, 0.717) is 35.7 Å². The van der Waals surface area contributed by atoms with Gasteiger partial charge in [0.2, 0.25) is 5.91 Å². The van der Waals surface area contributed by atoms with Gasteiger partial charge in [-0.1, -0.05) is 30.9 Å². The first-order valence-corrected chi connectivity index (χ1v) is 15.4. The largest absolute Gasteiger partial charge is 0.497 e. The summed E-state index contributed by atoms with van der Waals surface area (Å²) in [6, 6.07) is 10.3. The topological polar surface area (TPSA) is 97.4 Å². The molecule has 2 fully saturated rings. The summed E-state index contributed by atoms with van der Waals surface area (Å²) in [5, 5.41) is 3.29. The number of halogens is 1. The predicted molar refractivity (Wildman–Crippen MR) is 171 cm³/mol. The smallest absolute Gasteiger partial charge is 0.415 e. The summed E-state index contributed by atoms with van der Waals surface area (Å²) >= 11 is 6.86. The summed E-state index contributed by atoms with van der Waals surface area (Å²) < 4.78 is 16.5. The monoisotopic (exact) mass is 623 g/mol. The molecule has 0 atom stereocenters. The van der Waals surface area contributed by atoms with Crippen molar-refractivity contribution in [1.82, 2.24) is 5.32 Å². The lowest BCUT2D eigenvalue weighted by atomic mass is 9.78. The van der Waals surface area contributed by atoms with Gasteiger partial charge in [-0.3, -0.25) is 19.4 Å². The zero-order valence-corrected chi connectivity index (χ0v) is 27.0. The standard InChI is InChI=1S/C34H42ClN3O6/c1-7-30(39)38(25-15-17-28(27(35)20-25)37(24-12-11-13-24)32(41)44-33(2,3)4)34(18-9-8-10-19-34)31(40)36-22-23-14-16-26(42-5)21-29(23)43-6/h1,14-17,20-21,24H,8-13,18-19,22H2,2-6H3,(H,36,40). The van der Waals surface area contributed by atoms with E-state index in [2.05, 4.69) is 11.2 Å². The SMILES string of the molecule is C#CC(=O)N(c1ccc(N(C(=O)OC(C)(C)C)C2CCC2)c(Cl)c1)C1(C(=O)NCc2ccc(OC)cc2OC)CCCCC1. The minimum Gasteiger partial charge on any atom is -0.497 e. The molecule has 1 N–H and O–H groups in total. The Morgan fingerprint density at radius 3 is 2.27 bits per heavy atom. The van der Waals surface area contributed by atoms with Gasteiger partial charge in [-0.25, -0.2) is 4.79 Å². The Hall–Kier alpha value is -3.90. The molecule has 2 aliphatic carbocycles. The number of anilines is 2. The molecule has 0 aromatic heterocycles. The number of ether oxygens (including phenoxy) is 3. The highest BCUT2D eigenvalue weighted by atomic mass is 35.5. The van der Waals surface area contributed by atoms with Crippen molar-refractivity contribution in [3.8, 4) is 23.8 Å². The molecular weight excluding hydrogens is 582 g/mol. The maximum atomic E-state index is 14.1. The molecule has 2 aliphatic rings. The van der Waals surface area contributed by atoms with E-state index >= 15 is 0 Å². The van der Waals surface area contributed by atoms with E-state index in [9.17, 15) is 14.4 Å². The van der Waals surface area contributed by atoms with E-state index < -0.39 is 23.1 Å². The summed E-state index contributed by atoms with van der Waals surface area (Å²) in [4.78, 5) is 43.9. The highest BCUT2D eigenvalue weighted by Crippen LogP contribution is 2.42. The number of amides is 3. The zero-order chi connectivity index (χ0) is 32.1. The third-order valence-electron chi connectivity index (χ3n) is 8.27. The normalized spacial score (nSPS) is 16.1. The fourth-order valence-electron chi connectivity index (χ4n) is 5.88. The first-order valence-electron chi connectivity index (χ1n) is 15.1. The van der Waals surface area contributed by atoms with Crippen molar-refractivity contribution in [2.45, 2.75) is 95.9 Å². The van der Waals surface area contributed by atoms with Gasteiger partial charge in [-0.05, 0) is 89.1 Å². The molecule has 0 heterocycles. The van der Waals surface area contributed by atoms with Crippen molar-refractivity contribution in [2.24, 2.45) is 0 Å². The lowest BCUT2D eigenvalue weighted by molar-refractivity contribution is -0.130. The summed E-state index contributed by atoms with van der Waals surface area (Å²) in [5.74, 6) is 2.47. The molecule has 9 nitrogen and oxygen atoms in total. The summed E-state index contributed by atoms with van der Waals surface area (Å²) in [6.45, 7) is 5.63. The number of nitrogens with one attached hydrogen (secondary N) is 1. The number of terminal acetylenes is 1. The maximum Gasteiger partial charge on any atom is 0.415 e. The van der Waals surface area contributed by atoms with Crippen LogP contribution in [0.2, 0.25) is 5.02 Å². The first-order chi connectivity index (χ1) is 20.9. The Balaban J connectivity index is 1.69. The Morgan fingerprint density at radius 2 is 1.73 bits per heavy atom. The number of carbonyl (C=O) groups excluding carboxylic acids is 3. The third kappa shape index (κ3) is 7.07. The Kier molecular flexibility index (Phi) is 10.4. The van der Waals surface area contributed by atoms with Crippen molar-refractivity contribution >= 4 is 40.9 Å². The van der Waals surface area contributed by atoms with Gasteiger partial charge >= 0.3 is 12.0 Å². The van der Waals surface area contributed by atoms with Crippen LogP contribution >= 0.6 is 11.6 Å². The molecule has 0 aliphatic heterocycles. The Labute approximate surface area is 265 Å². The van der Waals surface area contributed by atoms with Gasteiger partial charge in [0.05, 0.1) is 24.9 Å². The van der Waals surface area contributed by atoms with Crippen molar-refractivity contribution in [3.05, 3.63) is 47.0 Å². The number of rotatable bonds is 9. The van der Waals surface area contributed by atoms with E-state index in [1.807, 2.05) is 26.8 Å². The minimum absolute atomic E-state index is 0.0398. The van der Waals surface area contributed by atoms with Crippen molar-refractivity contribution in [2.75, 3.05) is 24.0 Å². The highest BCUT2D eigenvalue weighted by Gasteiger charge is 2.48. The van der Waals surface area contributed by atoms with Crippen LogP contribution in [-0.2, 0) is 20.9 Å². The average Bonchev–Trinajstić information content (AvgIpc) is 2.97. The van der Waals surface area contributed by atoms with Gasteiger partial charge < -0.3 is 19.5 Å². The second kappa shape index (κ2) is 13.8. The van der Waals surface area contributed by atoms with E-state index in [0.717, 1.165) is 44.1 Å². The lowest BCUT2D eigenvalue weighted by Crippen LogP contribution is -2.61. The number of hydrogen-bond acceptors (Lipinski definition) is 6. The zero-order valence-electron chi connectivity index (χ0n) is 26.2. The quantitative estimate of drug-likeness (QED) is 0.315. The molecule has 10 heteroatoms. The van der Waals surface area contributed by atoms with Crippen LogP contribution in [0.25, 0.3) is 0 Å². The second-order valence-corrected chi connectivity index (χ2v) is 12.7. The van der Waals surface area contributed by atoms with Crippen LogP contribution in [-0.4, -0.2) is 49.3 Å². The second-order valence-electron chi connectivity index (χ2n) is 12.3. The van der Waals surface area contributed by atoms with Crippen LogP contribution in [0.4, 0.5) is 16.2 Å². The molecule has 236 valence electrons. The van der Waals surface area contributed by atoms with E-state index in [-0.39, 0.29) is 23.5 Å². The fourth-order valence-corrected chi connectivity index (χ4v) is 6.15. The molecule has 0 saturated heterocycles. The van der Waals surface area contributed by atoms with E-state index in [1.54, 1.807) is 49.5 Å². The average molecular weight is 624 g/mol. The molecular formula is C34H42ClN3O6. The molecule has 0 bridgehead atoms. The Bertz CT molecular complexity index is 1420. The third-order valence-corrected chi connectivity index (χ3v) is 8.57.